The second kappa shape index (κ2) is 5.82. The topological polar surface area (TPSA) is 64.7 Å². The fraction of sp³-hybridized carbons (Fsp3) is 0.538. The Balaban J connectivity index is 1.95. The molecule has 1 aliphatic rings. The molecule has 3 unspecified atom stereocenters. The lowest BCUT2D eigenvalue weighted by atomic mass is 10.1. The van der Waals surface area contributed by atoms with Crippen molar-refractivity contribution >= 4 is 11.8 Å². The molecule has 0 aliphatic carbocycles. The number of nitrogens with two attached hydrogens (primary N) is 1. The van der Waals surface area contributed by atoms with E-state index in [0.29, 0.717) is 0 Å². The molecule has 0 bridgehead atoms. The van der Waals surface area contributed by atoms with Crippen molar-refractivity contribution in [2.45, 2.75) is 31.2 Å². The lowest BCUT2D eigenvalue weighted by molar-refractivity contribution is 0.174. The number of benzene rings is 1. The third-order valence-corrected chi connectivity index (χ3v) is 4.51. The Morgan fingerprint density at radius 2 is 2.06 bits per heavy atom. The quantitative estimate of drug-likeness (QED) is 0.855. The molecule has 0 saturated heterocycles. The monoisotopic (exact) mass is 269 g/mol. The summed E-state index contributed by atoms with van der Waals surface area (Å²) in [5, 5.41) is 9.62. The summed E-state index contributed by atoms with van der Waals surface area (Å²) in [7, 11) is 0. The summed E-state index contributed by atoms with van der Waals surface area (Å²) in [5.74, 6) is 2.30. The van der Waals surface area contributed by atoms with E-state index in [9.17, 15) is 5.11 Å². The van der Waals surface area contributed by atoms with E-state index in [1.807, 2.05) is 25.1 Å². The van der Waals surface area contributed by atoms with Crippen molar-refractivity contribution in [3.63, 3.8) is 0 Å². The summed E-state index contributed by atoms with van der Waals surface area (Å²) >= 11 is 1.67. The largest absolute Gasteiger partial charge is 0.454 e. The first-order valence-electron chi connectivity index (χ1n) is 6.02. The highest BCUT2D eigenvalue weighted by Crippen LogP contribution is 2.34. The number of ether oxygens (including phenoxy) is 2. The Bertz CT molecular complexity index is 411. The molecular weight excluding hydrogens is 250 g/mol. The Morgan fingerprint density at radius 3 is 2.78 bits per heavy atom. The fourth-order valence-corrected chi connectivity index (χ4v) is 2.62. The minimum absolute atomic E-state index is 0.0642. The maximum absolute atomic E-state index is 9.43. The van der Waals surface area contributed by atoms with E-state index in [0.717, 1.165) is 22.8 Å². The van der Waals surface area contributed by atoms with E-state index in [1.54, 1.807) is 18.7 Å². The smallest absolute Gasteiger partial charge is 0.231 e. The van der Waals surface area contributed by atoms with Crippen molar-refractivity contribution in [3.05, 3.63) is 23.8 Å². The van der Waals surface area contributed by atoms with Gasteiger partial charge in [-0.3, -0.25) is 0 Å². The molecule has 1 aromatic carbocycles. The van der Waals surface area contributed by atoms with Crippen LogP contribution in [0.15, 0.2) is 18.2 Å². The van der Waals surface area contributed by atoms with Gasteiger partial charge in [-0.2, -0.15) is 11.8 Å². The average molecular weight is 269 g/mol. The van der Waals surface area contributed by atoms with Crippen molar-refractivity contribution in [2.75, 3.05) is 12.5 Å². The first-order chi connectivity index (χ1) is 8.58. The molecule has 3 N–H and O–H groups in total. The highest BCUT2D eigenvalue weighted by Gasteiger charge is 2.17. The Kier molecular flexibility index (Phi) is 4.37. The van der Waals surface area contributed by atoms with Gasteiger partial charge in [0.1, 0.15) is 0 Å². The van der Waals surface area contributed by atoms with Gasteiger partial charge in [-0.1, -0.05) is 13.0 Å². The molecule has 2 rings (SSSR count). The number of hydrogen-bond donors (Lipinski definition) is 2. The third kappa shape index (κ3) is 3.10. The van der Waals surface area contributed by atoms with Crippen LogP contribution in [0, 0.1) is 0 Å². The van der Waals surface area contributed by atoms with Crippen molar-refractivity contribution in [1.82, 2.24) is 0 Å². The number of aliphatic hydroxyl groups excluding tert-OH is 1. The highest BCUT2D eigenvalue weighted by molar-refractivity contribution is 7.99. The Hall–Kier alpha value is -0.910. The first kappa shape index (κ1) is 13.5. The SMILES string of the molecule is CC(O)C(C)SCC(N)c1ccc2c(c1)OCO2. The third-order valence-electron chi connectivity index (χ3n) is 3.04. The van der Waals surface area contributed by atoms with Gasteiger partial charge < -0.3 is 20.3 Å². The van der Waals surface area contributed by atoms with Gasteiger partial charge in [0.25, 0.3) is 0 Å². The predicted molar refractivity (Wildman–Crippen MR) is 73.1 cm³/mol. The van der Waals surface area contributed by atoms with Crippen LogP contribution in [0.3, 0.4) is 0 Å². The van der Waals surface area contributed by atoms with Crippen LogP contribution in [-0.4, -0.2) is 29.0 Å². The molecular formula is C13H19NO3S. The molecule has 5 heteroatoms. The second-order valence-electron chi connectivity index (χ2n) is 4.50. The van der Waals surface area contributed by atoms with Gasteiger partial charge in [0.05, 0.1) is 6.10 Å². The molecule has 1 heterocycles. The van der Waals surface area contributed by atoms with Gasteiger partial charge in [0.15, 0.2) is 11.5 Å². The molecule has 3 atom stereocenters. The maximum atomic E-state index is 9.43. The van der Waals surface area contributed by atoms with E-state index in [1.165, 1.54) is 0 Å². The Morgan fingerprint density at radius 1 is 1.33 bits per heavy atom. The van der Waals surface area contributed by atoms with Crippen LogP contribution in [-0.2, 0) is 0 Å². The molecule has 18 heavy (non-hydrogen) atoms. The van der Waals surface area contributed by atoms with Crippen LogP contribution >= 0.6 is 11.8 Å². The molecule has 1 aliphatic heterocycles. The zero-order chi connectivity index (χ0) is 13.1. The number of rotatable bonds is 5. The van der Waals surface area contributed by atoms with Crippen LogP contribution in [0.2, 0.25) is 0 Å². The van der Waals surface area contributed by atoms with E-state index < -0.39 is 0 Å². The van der Waals surface area contributed by atoms with Gasteiger partial charge in [-0.25, -0.2) is 0 Å². The molecule has 0 spiro atoms. The maximum Gasteiger partial charge on any atom is 0.231 e. The van der Waals surface area contributed by atoms with Gasteiger partial charge in [-0.15, -0.1) is 0 Å². The number of thioether (sulfide) groups is 1. The highest BCUT2D eigenvalue weighted by atomic mass is 32.2. The van der Waals surface area contributed by atoms with Crippen molar-refractivity contribution in [2.24, 2.45) is 5.73 Å². The van der Waals surface area contributed by atoms with E-state index in [2.05, 4.69) is 0 Å². The molecule has 0 saturated carbocycles. The van der Waals surface area contributed by atoms with Gasteiger partial charge >= 0.3 is 0 Å². The Labute approximate surface area is 111 Å². The summed E-state index contributed by atoms with van der Waals surface area (Å²) in [6.45, 7) is 4.08. The van der Waals surface area contributed by atoms with E-state index in [-0.39, 0.29) is 24.2 Å². The summed E-state index contributed by atoms with van der Waals surface area (Å²) in [6.07, 6.45) is -0.320. The summed E-state index contributed by atoms with van der Waals surface area (Å²) in [4.78, 5) is 0. The van der Waals surface area contributed by atoms with Crippen molar-refractivity contribution in [1.29, 1.82) is 0 Å². The minimum atomic E-state index is -0.320. The summed E-state index contributed by atoms with van der Waals surface area (Å²) < 4.78 is 10.6. The first-order valence-corrected chi connectivity index (χ1v) is 7.07. The van der Waals surface area contributed by atoms with Crippen LogP contribution in [0.1, 0.15) is 25.5 Å². The fourth-order valence-electron chi connectivity index (χ4n) is 1.63. The zero-order valence-electron chi connectivity index (χ0n) is 10.6. The number of hydrogen-bond acceptors (Lipinski definition) is 5. The van der Waals surface area contributed by atoms with Crippen LogP contribution in [0.5, 0.6) is 11.5 Å². The van der Waals surface area contributed by atoms with Gasteiger partial charge in [-0.05, 0) is 24.6 Å². The van der Waals surface area contributed by atoms with E-state index in [4.69, 9.17) is 15.2 Å². The second-order valence-corrected chi connectivity index (χ2v) is 5.91. The number of aliphatic hydroxyl groups is 1. The lowest BCUT2D eigenvalue weighted by Crippen LogP contribution is -2.20. The summed E-state index contributed by atoms with van der Waals surface area (Å²) in [5.41, 5.74) is 7.17. The minimum Gasteiger partial charge on any atom is -0.454 e. The molecule has 0 amide bonds. The van der Waals surface area contributed by atoms with Crippen LogP contribution in [0.25, 0.3) is 0 Å². The molecule has 0 radical (unpaired) electrons. The molecule has 0 fully saturated rings. The van der Waals surface area contributed by atoms with Crippen LogP contribution in [0.4, 0.5) is 0 Å². The average Bonchev–Trinajstić information content (AvgIpc) is 2.82. The molecule has 4 nitrogen and oxygen atoms in total. The zero-order valence-corrected chi connectivity index (χ0v) is 11.4. The predicted octanol–water partition coefficient (Wildman–Crippen LogP) is 1.92. The lowest BCUT2D eigenvalue weighted by Gasteiger charge is -2.17. The standard InChI is InChI=1S/C13H19NO3S/c1-8(15)9(2)18-6-11(14)10-3-4-12-13(5-10)17-7-16-12/h3-5,8-9,11,15H,6-7,14H2,1-2H3. The summed E-state index contributed by atoms with van der Waals surface area (Å²) in [6, 6.07) is 5.72. The molecule has 1 aromatic rings. The molecule has 0 aromatic heterocycles. The van der Waals surface area contributed by atoms with E-state index >= 15 is 0 Å². The van der Waals surface area contributed by atoms with Gasteiger partial charge in [0.2, 0.25) is 6.79 Å². The van der Waals surface area contributed by atoms with Crippen molar-refractivity contribution < 1.29 is 14.6 Å². The molecule has 100 valence electrons. The number of fused-ring (bicyclic) bond motifs is 1. The van der Waals surface area contributed by atoms with Crippen molar-refractivity contribution in [3.8, 4) is 11.5 Å². The normalized spacial score (nSPS) is 18.4. The van der Waals surface area contributed by atoms with Gasteiger partial charge in [0, 0.05) is 17.0 Å². The van der Waals surface area contributed by atoms with Crippen LogP contribution < -0.4 is 15.2 Å².